The fraction of sp³-hybridized carbons (Fsp3) is 0.429. The highest BCUT2D eigenvalue weighted by atomic mass is 16.6. The van der Waals surface area contributed by atoms with Gasteiger partial charge < -0.3 is 24.3 Å². The molecule has 0 spiro atoms. The zero-order chi connectivity index (χ0) is 26.7. The quantitative estimate of drug-likeness (QED) is 0.205. The zero-order valence-corrected chi connectivity index (χ0v) is 21.2. The molecule has 9 nitrogen and oxygen atoms in total. The van der Waals surface area contributed by atoms with Gasteiger partial charge in [-0.05, 0) is 17.0 Å². The number of esters is 3. The van der Waals surface area contributed by atoms with Crippen LogP contribution < -0.4 is 5.32 Å². The molecule has 0 saturated carbocycles. The van der Waals surface area contributed by atoms with Gasteiger partial charge in [-0.25, -0.2) is 4.79 Å². The summed E-state index contributed by atoms with van der Waals surface area (Å²) >= 11 is 0. The van der Waals surface area contributed by atoms with E-state index in [1.165, 1.54) is 0 Å². The largest absolute Gasteiger partial charge is 0.466 e. The van der Waals surface area contributed by atoms with E-state index < -0.39 is 12.1 Å². The summed E-state index contributed by atoms with van der Waals surface area (Å²) < 4.78 is 20.5. The lowest BCUT2D eigenvalue weighted by atomic mass is 10.1. The van der Waals surface area contributed by atoms with Crippen LogP contribution >= 0.6 is 0 Å². The summed E-state index contributed by atoms with van der Waals surface area (Å²) in [4.78, 5) is 47.3. The molecule has 1 N–H and O–H groups in total. The molecule has 0 bridgehead atoms. The molecule has 1 unspecified atom stereocenters. The molecule has 0 aliphatic carbocycles. The van der Waals surface area contributed by atoms with Gasteiger partial charge in [-0.15, -0.1) is 0 Å². The van der Waals surface area contributed by atoms with Crippen LogP contribution in [-0.4, -0.2) is 57.0 Å². The van der Waals surface area contributed by atoms with E-state index in [-0.39, 0.29) is 70.1 Å². The van der Waals surface area contributed by atoms with Crippen LogP contribution in [0.15, 0.2) is 60.7 Å². The fourth-order valence-electron chi connectivity index (χ4n) is 3.19. The minimum Gasteiger partial charge on any atom is -0.466 e. The van der Waals surface area contributed by atoms with Gasteiger partial charge in [0.1, 0.15) is 0 Å². The van der Waals surface area contributed by atoms with Crippen LogP contribution in [0, 0.1) is 5.92 Å². The van der Waals surface area contributed by atoms with Crippen molar-refractivity contribution >= 4 is 24.0 Å². The van der Waals surface area contributed by atoms with Gasteiger partial charge in [0.25, 0.3) is 0 Å². The monoisotopic (exact) mass is 513 g/mol. The average Bonchev–Trinajstić information content (AvgIpc) is 2.88. The normalized spacial score (nSPS) is 11.2. The third-order valence-electron chi connectivity index (χ3n) is 5.09. The Balaban J connectivity index is 1.42. The van der Waals surface area contributed by atoms with E-state index in [2.05, 4.69) is 5.32 Å². The Morgan fingerprint density at radius 2 is 1.08 bits per heavy atom. The minimum absolute atomic E-state index is 0.108. The zero-order valence-electron chi connectivity index (χ0n) is 21.2. The summed E-state index contributed by atoms with van der Waals surface area (Å²) in [6.07, 6.45) is 0.726. The number of carbonyl (C=O) groups excluding carboxylic acids is 4. The summed E-state index contributed by atoms with van der Waals surface area (Å²) in [5.74, 6) is -1.20. The fourth-order valence-corrected chi connectivity index (χ4v) is 3.19. The third kappa shape index (κ3) is 14.3. The van der Waals surface area contributed by atoms with E-state index in [4.69, 9.17) is 18.9 Å². The molecule has 37 heavy (non-hydrogen) atoms. The maximum atomic E-state index is 11.9. The van der Waals surface area contributed by atoms with Crippen molar-refractivity contribution < 1.29 is 38.1 Å². The lowest BCUT2D eigenvalue weighted by molar-refractivity contribution is -0.146. The van der Waals surface area contributed by atoms with Gasteiger partial charge in [-0.3, -0.25) is 14.4 Å². The van der Waals surface area contributed by atoms with Crippen molar-refractivity contribution in [2.45, 2.75) is 39.0 Å². The van der Waals surface area contributed by atoms with Crippen LogP contribution in [0.25, 0.3) is 0 Å². The Labute approximate surface area is 217 Å². The number of amides is 1. The predicted molar refractivity (Wildman–Crippen MR) is 136 cm³/mol. The van der Waals surface area contributed by atoms with Crippen LogP contribution in [0.5, 0.6) is 0 Å². The molecule has 200 valence electrons. The van der Waals surface area contributed by atoms with E-state index in [1.54, 1.807) is 6.92 Å². The van der Waals surface area contributed by atoms with Gasteiger partial charge in [-0.1, -0.05) is 67.6 Å². The van der Waals surface area contributed by atoms with Crippen LogP contribution in [0.1, 0.15) is 37.3 Å². The van der Waals surface area contributed by atoms with Gasteiger partial charge >= 0.3 is 24.0 Å². The number of hydrogen-bond acceptors (Lipinski definition) is 8. The molecule has 0 aromatic heterocycles. The molecule has 0 aliphatic heterocycles. The summed E-state index contributed by atoms with van der Waals surface area (Å²) in [7, 11) is 0. The first-order valence-corrected chi connectivity index (χ1v) is 12.4. The first kappa shape index (κ1) is 29.4. The van der Waals surface area contributed by atoms with Gasteiger partial charge in [0.15, 0.2) is 0 Å². The molecule has 9 heteroatoms. The van der Waals surface area contributed by atoms with E-state index in [0.29, 0.717) is 12.8 Å². The minimum atomic E-state index is -0.604. The number of hydrogen-bond donors (Lipinski definition) is 1. The topological polar surface area (TPSA) is 117 Å². The number of nitrogens with one attached hydrogen (secondary N) is 1. The molecule has 0 heterocycles. The highest BCUT2D eigenvalue weighted by Crippen LogP contribution is 2.04. The molecule has 0 aliphatic rings. The van der Waals surface area contributed by atoms with Crippen molar-refractivity contribution in [3.05, 3.63) is 71.8 Å². The van der Waals surface area contributed by atoms with Crippen molar-refractivity contribution in [3.8, 4) is 0 Å². The lowest BCUT2D eigenvalue weighted by Crippen LogP contribution is -2.30. The average molecular weight is 514 g/mol. The van der Waals surface area contributed by atoms with E-state index in [9.17, 15) is 19.2 Å². The van der Waals surface area contributed by atoms with Crippen molar-refractivity contribution in [1.82, 2.24) is 5.32 Å². The summed E-state index contributed by atoms with van der Waals surface area (Å²) in [5.41, 5.74) is 1.76. The molecule has 0 saturated heterocycles. The van der Waals surface area contributed by atoms with Gasteiger partial charge in [0, 0.05) is 25.8 Å². The molecule has 0 radical (unpaired) electrons. The highest BCUT2D eigenvalue weighted by molar-refractivity contribution is 5.73. The second-order valence-electron chi connectivity index (χ2n) is 8.52. The van der Waals surface area contributed by atoms with E-state index in [1.807, 2.05) is 60.7 Å². The Morgan fingerprint density at radius 1 is 0.649 bits per heavy atom. The smallest absolute Gasteiger partial charge is 0.407 e. The molecular weight excluding hydrogens is 478 g/mol. The van der Waals surface area contributed by atoms with Crippen LogP contribution in [0.3, 0.4) is 0 Å². The summed E-state index contributed by atoms with van der Waals surface area (Å²) in [6.45, 7) is 2.64. The molecule has 1 amide bonds. The number of rotatable bonds is 16. The van der Waals surface area contributed by atoms with Gasteiger partial charge in [0.2, 0.25) is 0 Å². The SMILES string of the molecule is CC(CNC(=O)OCCCOC(=O)Cc1ccccc1)CC(=O)OCCCOC(=O)Cc1ccccc1. The Bertz CT molecular complexity index is 965. The molecular formula is C28H35NO8. The van der Waals surface area contributed by atoms with Crippen molar-refractivity contribution in [2.24, 2.45) is 5.92 Å². The van der Waals surface area contributed by atoms with Crippen molar-refractivity contribution in [2.75, 3.05) is 33.0 Å². The number of carbonyl (C=O) groups is 4. The maximum Gasteiger partial charge on any atom is 0.407 e. The molecule has 2 aromatic carbocycles. The predicted octanol–water partition coefficient (Wildman–Crippen LogP) is 3.63. The molecule has 1 atom stereocenters. The molecule has 2 aromatic rings. The number of alkyl carbamates (subject to hydrolysis) is 1. The van der Waals surface area contributed by atoms with Gasteiger partial charge in [0.05, 0.1) is 39.3 Å². The third-order valence-corrected chi connectivity index (χ3v) is 5.09. The van der Waals surface area contributed by atoms with E-state index >= 15 is 0 Å². The Kier molecular flexibility index (Phi) is 13.9. The Hall–Kier alpha value is -3.88. The van der Waals surface area contributed by atoms with Crippen LogP contribution in [0.2, 0.25) is 0 Å². The highest BCUT2D eigenvalue weighted by Gasteiger charge is 2.13. The number of ether oxygens (including phenoxy) is 4. The number of benzene rings is 2. The van der Waals surface area contributed by atoms with Crippen molar-refractivity contribution in [1.29, 1.82) is 0 Å². The second kappa shape index (κ2) is 17.5. The first-order valence-electron chi connectivity index (χ1n) is 12.4. The van der Waals surface area contributed by atoms with Gasteiger partial charge in [-0.2, -0.15) is 0 Å². The second-order valence-corrected chi connectivity index (χ2v) is 8.52. The molecule has 0 fully saturated rings. The van der Waals surface area contributed by atoms with E-state index in [0.717, 1.165) is 11.1 Å². The molecule has 2 rings (SSSR count). The summed E-state index contributed by atoms with van der Waals surface area (Å²) in [5, 5.41) is 2.59. The first-order chi connectivity index (χ1) is 17.9. The van der Waals surface area contributed by atoms with Crippen LogP contribution in [0.4, 0.5) is 4.79 Å². The van der Waals surface area contributed by atoms with Crippen molar-refractivity contribution in [3.63, 3.8) is 0 Å². The summed E-state index contributed by atoms with van der Waals surface area (Å²) in [6, 6.07) is 18.6. The standard InChI is InChI=1S/C28H35NO8/c1-22(18-25(30)34-14-8-15-35-26(31)19-23-10-4-2-5-11-23)21-29-28(33)37-17-9-16-36-27(32)20-24-12-6-3-7-13-24/h2-7,10-13,22H,8-9,14-21H2,1H3,(H,29,33). The lowest BCUT2D eigenvalue weighted by Gasteiger charge is -2.13. The maximum absolute atomic E-state index is 11.9. The Morgan fingerprint density at radius 3 is 1.57 bits per heavy atom. The van der Waals surface area contributed by atoms with Crippen LogP contribution in [-0.2, 0) is 46.2 Å².